The summed E-state index contributed by atoms with van der Waals surface area (Å²) < 4.78 is 9.56. The van der Waals surface area contributed by atoms with E-state index < -0.39 is 35.5 Å². The maximum absolute atomic E-state index is 11.9. The molecule has 1 aromatic carbocycles. The largest absolute Gasteiger partial charge is 0.467 e. The Bertz CT molecular complexity index is 654. The van der Waals surface area contributed by atoms with E-state index in [9.17, 15) is 19.2 Å². The van der Waals surface area contributed by atoms with Crippen molar-refractivity contribution in [3.8, 4) is 0 Å². The highest BCUT2D eigenvalue weighted by molar-refractivity contribution is 6.35. The van der Waals surface area contributed by atoms with Crippen LogP contribution in [0.25, 0.3) is 0 Å². The fraction of sp³-hybridized carbons (Fsp3) is 0.412. The number of carbonyl (C=O) groups is 4. The number of rotatable bonds is 4. The average Bonchev–Trinajstić information content (AvgIpc) is 2.57. The molecular formula is C17H23N3O6. The molecule has 0 spiro atoms. The molecule has 0 saturated carbocycles. The van der Waals surface area contributed by atoms with E-state index in [-0.39, 0.29) is 6.42 Å². The van der Waals surface area contributed by atoms with Crippen LogP contribution in [0.1, 0.15) is 26.3 Å². The molecule has 0 heterocycles. The van der Waals surface area contributed by atoms with Gasteiger partial charge in [0.2, 0.25) is 0 Å². The van der Waals surface area contributed by atoms with Crippen molar-refractivity contribution < 1.29 is 28.7 Å². The van der Waals surface area contributed by atoms with Crippen LogP contribution in [0.5, 0.6) is 0 Å². The Hall–Kier alpha value is -3.10. The molecule has 1 rings (SSSR count). The van der Waals surface area contributed by atoms with Crippen molar-refractivity contribution in [2.75, 3.05) is 7.11 Å². The van der Waals surface area contributed by atoms with Gasteiger partial charge in [-0.1, -0.05) is 30.3 Å². The Balaban J connectivity index is 2.61. The van der Waals surface area contributed by atoms with Gasteiger partial charge in [0.05, 0.1) is 7.11 Å². The minimum atomic E-state index is -1.15. The molecule has 3 N–H and O–H groups in total. The lowest BCUT2D eigenvalue weighted by Gasteiger charge is -2.20. The second kappa shape index (κ2) is 9.40. The van der Waals surface area contributed by atoms with Gasteiger partial charge in [0.15, 0.2) is 0 Å². The highest BCUT2D eigenvalue weighted by Crippen LogP contribution is 2.06. The smallest absolute Gasteiger partial charge is 0.426 e. The first-order chi connectivity index (χ1) is 12.1. The van der Waals surface area contributed by atoms with Crippen LogP contribution in [0, 0.1) is 0 Å². The maximum Gasteiger partial charge on any atom is 0.426 e. The number of benzene rings is 1. The zero-order chi connectivity index (χ0) is 19.7. The third-order valence-electron chi connectivity index (χ3n) is 2.96. The molecule has 142 valence electrons. The van der Waals surface area contributed by atoms with E-state index in [4.69, 9.17) is 4.74 Å². The molecule has 0 unspecified atom stereocenters. The summed E-state index contributed by atoms with van der Waals surface area (Å²) in [6.45, 7) is 4.93. The van der Waals surface area contributed by atoms with E-state index in [1.165, 1.54) is 7.11 Å². The first kappa shape index (κ1) is 20.9. The number of nitrogens with one attached hydrogen (secondary N) is 3. The van der Waals surface area contributed by atoms with Gasteiger partial charge in [0.25, 0.3) is 0 Å². The van der Waals surface area contributed by atoms with Crippen LogP contribution in [-0.2, 0) is 30.3 Å². The van der Waals surface area contributed by atoms with Crippen LogP contribution in [0.15, 0.2) is 30.3 Å². The number of hydrazine groups is 1. The molecule has 1 aromatic rings. The fourth-order valence-electron chi connectivity index (χ4n) is 1.88. The van der Waals surface area contributed by atoms with Crippen molar-refractivity contribution in [3.63, 3.8) is 0 Å². The van der Waals surface area contributed by atoms with Gasteiger partial charge in [-0.2, -0.15) is 0 Å². The second-order valence-electron chi connectivity index (χ2n) is 6.32. The number of amides is 3. The Morgan fingerprint density at radius 2 is 1.62 bits per heavy atom. The zero-order valence-corrected chi connectivity index (χ0v) is 15.1. The van der Waals surface area contributed by atoms with E-state index in [1.54, 1.807) is 45.0 Å². The third-order valence-corrected chi connectivity index (χ3v) is 2.96. The maximum atomic E-state index is 11.9. The molecule has 3 amide bonds. The van der Waals surface area contributed by atoms with Gasteiger partial charge in [-0.15, -0.1) is 0 Å². The van der Waals surface area contributed by atoms with Crippen LogP contribution in [-0.4, -0.2) is 42.6 Å². The van der Waals surface area contributed by atoms with Gasteiger partial charge in [-0.05, 0) is 26.3 Å². The average molecular weight is 365 g/mol. The first-order valence-electron chi connectivity index (χ1n) is 7.84. The summed E-state index contributed by atoms with van der Waals surface area (Å²) in [4.78, 5) is 47.0. The Kier molecular flexibility index (Phi) is 7.57. The number of esters is 1. The lowest BCUT2D eigenvalue weighted by atomic mass is 10.1. The Morgan fingerprint density at radius 3 is 2.15 bits per heavy atom. The summed E-state index contributed by atoms with van der Waals surface area (Å²) >= 11 is 0. The minimum Gasteiger partial charge on any atom is -0.467 e. The van der Waals surface area contributed by atoms with Crippen molar-refractivity contribution in [1.82, 2.24) is 16.2 Å². The molecule has 26 heavy (non-hydrogen) atoms. The summed E-state index contributed by atoms with van der Waals surface area (Å²) in [5, 5.41) is 2.27. The molecule has 1 atom stereocenters. The molecule has 0 aliphatic rings. The van der Waals surface area contributed by atoms with E-state index in [0.717, 1.165) is 5.56 Å². The number of methoxy groups -OCH3 is 1. The van der Waals surface area contributed by atoms with Gasteiger partial charge in [0.1, 0.15) is 11.6 Å². The summed E-state index contributed by atoms with van der Waals surface area (Å²) in [5.74, 6) is -2.96. The van der Waals surface area contributed by atoms with Crippen LogP contribution in [0.2, 0.25) is 0 Å². The number of ether oxygens (including phenoxy) is 2. The summed E-state index contributed by atoms with van der Waals surface area (Å²) in [7, 11) is 1.18. The molecule has 0 radical (unpaired) electrons. The predicted molar refractivity (Wildman–Crippen MR) is 91.6 cm³/mol. The van der Waals surface area contributed by atoms with E-state index >= 15 is 0 Å². The normalized spacial score (nSPS) is 11.7. The molecular weight excluding hydrogens is 342 g/mol. The Morgan fingerprint density at radius 1 is 1.00 bits per heavy atom. The zero-order valence-electron chi connectivity index (χ0n) is 15.1. The Labute approximate surface area is 151 Å². The lowest BCUT2D eigenvalue weighted by Crippen LogP contribution is -2.53. The van der Waals surface area contributed by atoms with Gasteiger partial charge in [0, 0.05) is 6.42 Å². The first-order valence-corrected chi connectivity index (χ1v) is 7.84. The second-order valence-corrected chi connectivity index (χ2v) is 6.32. The van der Waals surface area contributed by atoms with Gasteiger partial charge < -0.3 is 14.8 Å². The van der Waals surface area contributed by atoms with Crippen LogP contribution in [0.4, 0.5) is 4.79 Å². The van der Waals surface area contributed by atoms with Crippen molar-refractivity contribution in [3.05, 3.63) is 35.9 Å². The van der Waals surface area contributed by atoms with Crippen molar-refractivity contribution >= 4 is 23.9 Å². The molecule has 0 bridgehead atoms. The molecule has 0 fully saturated rings. The van der Waals surface area contributed by atoms with Crippen molar-refractivity contribution in [2.45, 2.75) is 38.8 Å². The third kappa shape index (κ3) is 7.65. The van der Waals surface area contributed by atoms with E-state index in [1.807, 2.05) is 16.9 Å². The molecule has 9 nitrogen and oxygen atoms in total. The summed E-state index contributed by atoms with van der Waals surface area (Å²) in [6, 6.07) is 7.86. The lowest BCUT2D eigenvalue weighted by molar-refractivity contribution is -0.147. The number of hydrogen-bond acceptors (Lipinski definition) is 6. The highest BCUT2D eigenvalue weighted by atomic mass is 16.6. The van der Waals surface area contributed by atoms with Crippen LogP contribution < -0.4 is 16.2 Å². The van der Waals surface area contributed by atoms with Gasteiger partial charge >= 0.3 is 23.9 Å². The fourth-order valence-corrected chi connectivity index (χ4v) is 1.88. The van der Waals surface area contributed by atoms with Crippen LogP contribution >= 0.6 is 0 Å². The molecule has 0 saturated heterocycles. The monoisotopic (exact) mass is 365 g/mol. The van der Waals surface area contributed by atoms with Crippen LogP contribution in [0.3, 0.4) is 0 Å². The highest BCUT2D eigenvalue weighted by Gasteiger charge is 2.26. The molecule has 0 aromatic heterocycles. The quantitative estimate of drug-likeness (QED) is 0.404. The summed E-state index contributed by atoms with van der Waals surface area (Å²) in [6.07, 6.45) is -0.779. The van der Waals surface area contributed by atoms with E-state index in [0.29, 0.717) is 0 Å². The predicted octanol–water partition coefficient (Wildman–Crippen LogP) is 0.443. The number of hydrogen-bond donors (Lipinski definition) is 3. The van der Waals surface area contributed by atoms with Crippen molar-refractivity contribution in [2.24, 2.45) is 0 Å². The SMILES string of the molecule is COC(=O)[C@H](Cc1ccccc1)NC(=O)C(=O)NNC(=O)OC(C)(C)C. The molecule has 0 aliphatic carbocycles. The van der Waals surface area contributed by atoms with Crippen molar-refractivity contribution in [1.29, 1.82) is 0 Å². The molecule has 9 heteroatoms. The standard InChI is InChI=1S/C17H23N3O6/c1-17(2,3)26-16(24)20-19-14(22)13(21)18-12(15(23)25-4)10-11-8-6-5-7-9-11/h5-9,12H,10H2,1-4H3,(H,18,21)(H,19,22)(H,20,24)/t12-/m0/s1. The number of carbonyl (C=O) groups excluding carboxylic acids is 4. The van der Waals surface area contributed by atoms with Gasteiger partial charge in [-0.3, -0.25) is 15.0 Å². The minimum absolute atomic E-state index is 0.145. The van der Waals surface area contributed by atoms with E-state index in [2.05, 4.69) is 10.1 Å². The summed E-state index contributed by atoms with van der Waals surface area (Å²) in [5.41, 5.74) is 3.86. The topological polar surface area (TPSA) is 123 Å². The molecule has 0 aliphatic heterocycles. The van der Waals surface area contributed by atoms with Gasteiger partial charge in [-0.25, -0.2) is 15.0 Å².